The minimum atomic E-state index is -0.419. The minimum Gasteiger partial charge on any atom is -0.504 e. The number of phenols is 1. The van der Waals surface area contributed by atoms with Crippen LogP contribution in [0.25, 0.3) is 10.9 Å². The molecule has 2 heterocycles. The van der Waals surface area contributed by atoms with Gasteiger partial charge in [0.15, 0.2) is 11.5 Å². The van der Waals surface area contributed by atoms with Gasteiger partial charge in [-0.05, 0) is 48.6 Å². The molecule has 0 bridgehead atoms. The van der Waals surface area contributed by atoms with Crippen LogP contribution < -0.4 is 15.6 Å². The third-order valence-corrected chi connectivity index (χ3v) is 5.09. The number of phenolic OH excluding ortho intramolecular Hbond substituents is 1. The van der Waals surface area contributed by atoms with Gasteiger partial charge < -0.3 is 20.1 Å². The molecule has 0 fully saturated rings. The number of amides is 1. The number of aromatic hydroxyl groups is 1. The summed E-state index contributed by atoms with van der Waals surface area (Å²) in [6.45, 7) is 3.97. The number of carbonyl (C=O) groups excluding carboxylic acids is 1. The standard InChI is InChI=1S/C21H20N2O4/c1-10-4-11(2)20-12(5-10)6-15(21(26)23-20)13-8-19(25)22-16-9-17(24)18(27-3)7-14(13)16/h4-7,9,13,24H,8H2,1-3H3,(H,22,25)(H,23,26)/t13-/m0/s1. The van der Waals surface area contributed by atoms with E-state index in [1.165, 1.54) is 13.2 Å². The highest BCUT2D eigenvalue weighted by atomic mass is 16.5. The van der Waals surface area contributed by atoms with E-state index in [2.05, 4.69) is 10.3 Å². The number of methoxy groups -OCH3 is 1. The first-order chi connectivity index (χ1) is 12.9. The zero-order chi connectivity index (χ0) is 19.3. The van der Waals surface area contributed by atoms with Gasteiger partial charge in [0.2, 0.25) is 5.91 Å². The number of rotatable bonds is 2. The summed E-state index contributed by atoms with van der Waals surface area (Å²) in [5.41, 5.74) is 4.46. The lowest BCUT2D eigenvalue weighted by Gasteiger charge is -2.26. The highest BCUT2D eigenvalue weighted by molar-refractivity contribution is 5.96. The quantitative estimate of drug-likeness (QED) is 0.650. The van der Waals surface area contributed by atoms with E-state index < -0.39 is 5.92 Å². The van der Waals surface area contributed by atoms with Crippen molar-refractivity contribution in [3.63, 3.8) is 0 Å². The van der Waals surface area contributed by atoms with Crippen LogP contribution in [0.5, 0.6) is 11.5 Å². The zero-order valence-electron chi connectivity index (χ0n) is 15.3. The van der Waals surface area contributed by atoms with Crippen LogP contribution in [0.3, 0.4) is 0 Å². The molecule has 27 heavy (non-hydrogen) atoms. The topological polar surface area (TPSA) is 91.4 Å². The minimum absolute atomic E-state index is 0.0594. The highest BCUT2D eigenvalue weighted by Crippen LogP contribution is 2.42. The Morgan fingerprint density at radius 1 is 1.07 bits per heavy atom. The van der Waals surface area contributed by atoms with E-state index in [1.54, 1.807) is 6.07 Å². The van der Waals surface area contributed by atoms with E-state index in [-0.39, 0.29) is 23.6 Å². The monoisotopic (exact) mass is 364 g/mol. The maximum absolute atomic E-state index is 12.8. The molecule has 4 rings (SSSR count). The third-order valence-electron chi connectivity index (χ3n) is 5.09. The molecule has 2 aromatic carbocycles. The number of benzene rings is 2. The maximum Gasteiger partial charge on any atom is 0.252 e. The molecule has 0 unspecified atom stereocenters. The fraction of sp³-hybridized carbons (Fsp3) is 0.238. The Labute approximate surface area is 155 Å². The molecule has 0 radical (unpaired) electrons. The molecule has 1 atom stereocenters. The van der Waals surface area contributed by atoms with Gasteiger partial charge in [-0.3, -0.25) is 9.59 Å². The summed E-state index contributed by atoms with van der Waals surface area (Å²) in [5, 5.41) is 13.7. The van der Waals surface area contributed by atoms with E-state index in [0.29, 0.717) is 17.0 Å². The highest BCUT2D eigenvalue weighted by Gasteiger charge is 2.30. The van der Waals surface area contributed by atoms with Crippen molar-refractivity contribution in [2.24, 2.45) is 0 Å². The Bertz CT molecular complexity index is 1150. The van der Waals surface area contributed by atoms with Gasteiger partial charge >= 0.3 is 0 Å². The molecule has 138 valence electrons. The molecule has 1 aliphatic rings. The van der Waals surface area contributed by atoms with Crippen LogP contribution in [-0.4, -0.2) is 23.1 Å². The van der Waals surface area contributed by atoms with E-state index in [0.717, 1.165) is 27.6 Å². The number of aromatic nitrogens is 1. The summed E-state index contributed by atoms with van der Waals surface area (Å²) < 4.78 is 5.21. The molecule has 0 aliphatic carbocycles. The second-order valence-electron chi connectivity index (χ2n) is 7.02. The summed E-state index contributed by atoms with van der Waals surface area (Å²) in [6, 6.07) is 9.04. The van der Waals surface area contributed by atoms with Crippen molar-refractivity contribution >= 4 is 22.5 Å². The van der Waals surface area contributed by atoms with Crippen LogP contribution in [0.2, 0.25) is 0 Å². The number of ether oxygens (including phenoxy) is 1. The van der Waals surface area contributed by atoms with Crippen LogP contribution in [0.15, 0.2) is 35.1 Å². The van der Waals surface area contributed by atoms with Crippen LogP contribution in [0.1, 0.15) is 34.6 Å². The number of aromatic amines is 1. The van der Waals surface area contributed by atoms with Crippen LogP contribution >= 0.6 is 0 Å². The van der Waals surface area contributed by atoms with Crippen molar-refractivity contribution in [2.45, 2.75) is 26.2 Å². The Morgan fingerprint density at radius 2 is 1.85 bits per heavy atom. The van der Waals surface area contributed by atoms with Crippen LogP contribution in [0, 0.1) is 13.8 Å². The predicted octanol–water partition coefficient (Wildman–Crippen LogP) is 3.33. The first-order valence-electron chi connectivity index (χ1n) is 8.72. The van der Waals surface area contributed by atoms with E-state index >= 15 is 0 Å². The summed E-state index contributed by atoms with van der Waals surface area (Å²) in [5.74, 6) is -0.371. The van der Waals surface area contributed by atoms with Crippen molar-refractivity contribution in [1.29, 1.82) is 0 Å². The molecular formula is C21H20N2O4. The number of carbonyl (C=O) groups is 1. The molecule has 1 amide bonds. The second kappa shape index (κ2) is 6.16. The largest absolute Gasteiger partial charge is 0.504 e. The average Bonchev–Trinajstić information content (AvgIpc) is 2.60. The number of anilines is 1. The summed E-state index contributed by atoms with van der Waals surface area (Å²) in [4.78, 5) is 28.0. The van der Waals surface area contributed by atoms with Crippen molar-refractivity contribution in [3.05, 3.63) is 62.9 Å². The molecular weight excluding hydrogens is 344 g/mol. The molecule has 1 aromatic heterocycles. The number of fused-ring (bicyclic) bond motifs is 2. The molecule has 1 aliphatic heterocycles. The van der Waals surface area contributed by atoms with Crippen molar-refractivity contribution in [2.75, 3.05) is 12.4 Å². The number of hydrogen-bond acceptors (Lipinski definition) is 4. The molecule has 3 N–H and O–H groups in total. The normalized spacial score (nSPS) is 16.1. The summed E-state index contributed by atoms with van der Waals surface area (Å²) >= 11 is 0. The van der Waals surface area contributed by atoms with Crippen molar-refractivity contribution in [3.8, 4) is 11.5 Å². The van der Waals surface area contributed by atoms with Gasteiger partial charge in [0.25, 0.3) is 5.56 Å². The predicted molar refractivity (Wildman–Crippen MR) is 104 cm³/mol. The first-order valence-corrected chi connectivity index (χ1v) is 8.72. The van der Waals surface area contributed by atoms with Gasteiger partial charge in [-0.25, -0.2) is 0 Å². The SMILES string of the molecule is COc1cc2c(cc1O)NC(=O)C[C@@H]2c1cc2cc(C)cc(C)c2[nH]c1=O. The number of nitrogens with one attached hydrogen (secondary N) is 2. The van der Waals surface area contributed by atoms with E-state index in [1.807, 2.05) is 32.0 Å². The lowest BCUT2D eigenvalue weighted by atomic mass is 9.84. The molecule has 6 heteroatoms. The van der Waals surface area contributed by atoms with Gasteiger partial charge in [0.1, 0.15) is 0 Å². The molecule has 3 aromatic rings. The molecule has 0 spiro atoms. The lowest BCUT2D eigenvalue weighted by Crippen LogP contribution is -2.27. The number of H-pyrrole nitrogens is 1. The Kier molecular flexibility index (Phi) is 3.91. The average molecular weight is 364 g/mol. The van der Waals surface area contributed by atoms with Crippen LogP contribution in [-0.2, 0) is 4.79 Å². The summed E-state index contributed by atoms with van der Waals surface area (Å²) in [7, 11) is 1.46. The van der Waals surface area contributed by atoms with Crippen molar-refractivity contribution in [1.82, 2.24) is 4.98 Å². The van der Waals surface area contributed by atoms with Crippen LogP contribution in [0.4, 0.5) is 5.69 Å². The third kappa shape index (κ3) is 2.83. The number of aryl methyl sites for hydroxylation is 2. The van der Waals surface area contributed by atoms with Gasteiger partial charge in [-0.2, -0.15) is 0 Å². The van der Waals surface area contributed by atoms with Crippen molar-refractivity contribution < 1.29 is 14.6 Å². The Hall–Kier alpha value is -3.28. The number of pyridine rings is 1. The maximum atomic E-state index is 12.8. The first kappa shape index (κ1) is 17.1. The molecule has 0 saturated carbocycles. The van der Waals surface area contributed by atoms with Gasteiger partial charge in [-0.1, -0.05) is 11.6 Å². The fourth-order valence-corrected chi connectivity index (χ4v) is 3.88. The van der Waals surface area contributed by atoms with E-state index in [9.17, 15) is 14.7 Å². The smallest absolute Gasteiger partial charge is 0.252 e. The van der Waals surface area contributed by atoms with E-state index in [4.69, 9.17) is 4.74 Å². The Morgan fingerprint density at radius 3 is 2.59 bits per heavy atom. The molecule has 6 nitrogen and oxygen atoms in total. The van der Waals surface area contributed by atoms with Gasteiger partial charge in [-0.15, -0.1) is 0 Å². The lowest BCUT2D eigenvalue weighted by molar-refractivity contribution is -0.116. The summed E-state index contributed by atoms with van der Waals surface area (Å²) in [6.07, 6.45) is 0.153. The Balaban J connectivity index is 1.95. The second-order valence-corrected chi connectivity index (χ2v) is 7.02. The zero-order valence-corrected chi connectivity index (χ0v) is 15.3. The number of hydrogen-bond donors (Lipinski definition) is 3. The fourth-order valence-electron chi connectivity index (χ4n) is 3.88. The van der Waals surface area contributed by atoms with Gasteiger partial charge in [0.05, 0.1) is 12.6 Å². The molecule has 0 saturated heterocycles. The van der Waals surface area contributed by atoms with Gasteiger partial charge in [0, 0.05) is 29.7 Å².